The Labute approximate surface area is 114 Å². The minimum absolute atomic E-state index is 0.530. The summed E-state index contributed by atoms with van der Waals surface area (Å²) in [5.41, 5.74) is 3.91. The molecule has 0 radical (unpaired) electrons. The zero-order valence-corrected chi connectivity index (χ0v) is 11.7. The van der Waals surface area contributed by atoms with Crippen molar-refractivity contribution in [3.63, 3.8) is 0 Å². The van der Waals surface area contributed by atoms with E-state index >= 15 is 0 Å². The molecule has 0 spiro atoms. The average molecular weight is 256 g/mol. The zero-order valence-electron chi connectivity index (χ0n) is 11.7. The van der Waals surface area contributed by atoms with E-state index in [1.165, 1.54) is 5.56 Å². The van der Waals surface area contributed by atoms with Gasteiger partial charge in [-0.2, -0.15) is 0 Å². The van der Waals surface area contributed by atoms with Crippen molar-refractivity contribution in [2.75, 3.05) is 0 Å². The van der Waals surface area contributed by atoms with Gasteiger partial charge in [0.2, 0.25) is 0 Å². The fraction of sp³-hybridized carbons (Fsp3) is 0.375. The van der Waals surface area contributed by atoms with Crippen LogP contribution in [0.3, 0.4) is 0 Å². The van der Waals surface area contributed by atoms with Gasteiger partial charge in [0.25, 0.3) is 0 Å². The first-order chi connectivity index (χ1) is 9.06. The molecular weight excluding hydrogens is 236 g/mol. The first-order valence-corrected chi connectivity index (χ1v) is 6.61. The monoisotopic (exact) mass is 256 g/mol. The number of hydrogen-bond acceptors (Lipinski definition) is 3. The lowest BCUT2D eigenvalue weighted by Crippen LogP contribution is -2.05. The Morgan fingerprint density at radius 3 is 2.26 bits per heavy atom. The highest BCUT2D eigenvalue weighted by Crippen LogP contribution is 2.19. The highest BCUT2D eigenvalue weighted by atomic mass is 16.3. The van der Waals surface area contributed by atoms with Gasteiger partial charge >= 0.3 is 0 Å². The molecule has 0 aliphatic heterocycles. The van der Waals surface area contributed by atoms with E-state index in [2.05, 4.69) is 48.1 Å². The zero-order chi connectivity index (χ0) is 13.8. The predicted molar refractivity (Wildman–Crippen MR) is 76.0 cm³/mol. The molecule has 3 nitrogen and oxygen atoms in total. The van der Waals surface area contributed by atoms with Crippen molar-refractivity contribution >= 4 is 0 Å². The molecule has 0 amide bonds. The molecule has 0 bridgehead atoms. The second-order valence-corrected chi connectivity index (χ2v) is 5.20. The number of aliphatic hydroxyl groups excluding tert-OH is 1. The summed E-state index contributed by atoms with van der Waals surface area (Å²) >= 11 is 0. The lowest BCUT2D eigenvalue weighted by Gasteiger charge is -2.11. The molecule has 19 heavy (non-hydrogen) atoms. The van der Waals surface area contributed by atoms with Gasteiger partial charge in [0.15, 0.2) is 0 Å². The molecule has 1 atom stereocenters. The fourth-order valence-electron chi connectivity index (χ4n) is 1.94. The number of benzene rings is 1. The van der Waals surface area contributed by atoms with Crippen LogP contribution >= 0.6 is 0 Å². The number of nitrogens with zero attached hydrogens (tertiary/aromatic N) is 2. The van der Waals surface area contributed by atoms with Gasteiger partial charge in [0.05, 0.1) is 17.6 Å². The van der Waals surface area contributed by atoms with Crippen LogP contribution in [-0.4, -0.2) is 15.1 Å². The maximum absolute atomic E-state index is 10.1. The summed E-state index contributed by atoms with van der Waals surface area (Å²) in [6, 6.07) is 8.38. The number of aromatic nitrogens is 2. The summed E-state index contributed by atoms with van der Waals surface area (Å²) in [6.07, 6.45) is 3.29. The van der Waals surface area contributed by atoms with Gasteiger partial charge in [-0.05, 0) is 24.0 Å². The summed E-state index contributed by atoms with van der Waals surface area (Å²) in [5.74, 6) is 0.530. The second kappa shape index (κ2) is 5.93. The minimum atomic E-state index is -0.599. The molecule has 0 aliphatic rings. The smallest absolute Gasteiger partial charge is 0.102 e. The quantitative estimate of drug-likeness (QED) is 0.913. The molecule has 0 saturated heterocycles. The number of rotatable bonds is 4. The first-order valence-electron chi connectivity index (χ1n) is 6.61. The van der Waals surface area contributed by atoms with E-state index < -0.39 is 6.10 Å². The number of hydrogen-bond donors (Lipinski definition) is 1. The van der Waals surface area contributed by atoms with Crippen molar-refractivity contribution in [2.45, 2.75) is 39.2 Å². The molecule has 1 N–H and O–H groups in total. The lowest BCUT2D eigenvalue weighted by atomic mass is 9.99. The maximum atomic E-state index is 10.1. The van der Waals surface area contributed by atoms with E-state index in [0.717, 1.165) is 11.3 Å². The minimum Gasteiger partial charge on any atom is -0.386 e. The summed E-state index contributed by atoms with van der Waals surface area (Å²) < 4.78 is 0. The lowest BCUT2D eigenvalue weighted by molar-refractivity contribution is 0.173. The van der Waals surface area contributed by atoms with E-state index in [-0.39, 0.29) is 0 Å². The summed E-state index contributed by atoms with van der Waals surface area (Å²) in [7, 11) is 0. The molecule has 100 valence electrons. The van der Waals surface area contributed by atoms with Crippen LogP contribution in [0.5, 0.6) is 0 Å². The standard InChI is InChI=1S/C16H20N2O/c1-11(2)14-6-4-13(5-7-14)8-16(19)15-10-17-12(3)9-18-15/h4-7,9-11,16,19H,8H2,1-3H3. The third-order valence-corrected chi connectivity index (χ3v) is 3.22. The Balaban J connectivity index is 2.06. The summed E-state index contributed by atoms with van der Waals surface area (Å²) in [4.78, 5) is 8.36. The van der Waals surface area contributed by atoms with E-state index in [0.29, 0.717) is 18.0 Å². The van der Waals surface area contributed by atoms with Gasteiger partial charge in [-0.15, -0.1) is 0 Å². The summed E-state index contributed by atoms with van der Waals surface area (Å²) in [6.45, 7) is 6.23. The molecule has 1 aromatic heterocycles. The SMILES string of the molecule is Cc1cnc(C(O)Cc2ccc(C(C)C)cc2)cn1. The van der Waals surface area contributed by atoms with Gasteiger partial charge in [0, 0.05) is 12.6 Å². The molecular formula is C16H20N2O. The van der Waals surface area contributed by atoms with E-state index in [1.54, 1.807) is 12.4 Å². The van der Waals surface area contributed by atoms with E-state index in [1.807, 2.05) is 6.92 Å². The molecule has 0 fully saturated rings. The van der Waals surface area contributed by atoms with Crippen molar-refractivity contribution in [1.82, 2.24) is 9.97 Å². The third kappa shape index (κ3) is 3.61. The van der Waals surface area contributed by atoms with E-state index in [4.69, 9.17) is 0 Å². The van der Waals surface area contributed by atoms with Crippen LogP contribution in [0.2, 0.25) is 0 Å². The topological polar surface area (TPSA) is 46.0 Å². The molecule has 3 heteroatoms. The van der Waals surface area contributed by atoms with Crippen LogP contribution in [0.4, 0.5) is 0 Å². The van der Waals surface area contributed by atoms with Gasteiger partial charge in [-0.3, -0.25) is 9.97 Å². The molecule has 0 aliphatic carbocycles. The Kier molecular flexibility index (Phi) is 4.27. The van der Waals surface area contributed by atoms with Crippen molar-refractivity contribution in [3.8, 4) is 0 Å². The molecule has 1 unspecified atom stereocenters. The van der Waals surface area contributed by atoms with Gasteiger partial charge in [-0.1, -0.05) is 38.1 Å². The Morgan fingerprint density at radius 2 is 1.74 bits per heavy atom. The number of aryl methyl sites for hydroxylation is 1. The van der Waals surface area contributed by atoms with Crippen LogP contribution in [0.25, 0.3) is 0 Å². The second-order valence-electron chi connectivity index (χ2n) is 5.20. The summed E-state index contributed by atoms with van der Waals surface area (Å²) in [5, 5.41) is 10.1. The highest BCUT2D eigenvalue weighted by Gasteiger charge is 2.10. The van der Waals surface area contributed by atoms with Crippen LogP contribution in [0.1, 0.15) is 48.4 Å². The van der Waals surface area contributed by atoms with E-state index in [9.17, 15) is 5.11 Å². The van der Waals surface area contributed by atoms with Crippen LogP contribution in [0, 0.1) is 6.92 Å². The molecule has 1 aromatic carbocycles. The van der Waals surface area contributed by atoms with Crippen molar-refractivity contribution in [1.29, 1.82) is 0 Å². The van der Waals surface area contributed by atoms with Crippen LogP contribution < -0.4 is 0 Å². The third-order valence-electron chi connectivity index (χ3n) is 3.22. The normalized spacial score (nSPS) is 12.7. The molecule has 2 rings (SSSR count). The Hall–Kier alpha value is -1.74. The van der Waals surface area contributed by atoms with Gasteiger partial charge in [0.1, 0.15) is 6.10 Å². The van der Waals surface area contributed by atoms with Crippen molar-refractivity contribution in [3.05, 3.63) is 59.2 Å². The highest BCUT2D eigenvalue weighted by molar-refractivity contribution is 5.25. The Morgan fingerprint density at radius 1 is 1.05 bits per heavy atom. The van der Waals surface area contributed by atoms with Crippen LogP contribution in [0.15, 0.2) is 36.7 Å². The van der Waals surface area contributed by atoms with Crippen molar-refractivity contribution < 1.29 is 5.11 Å². The molecule has 0 saturated carbocycles. The Bertz CT molecular complexity index is 517. The average Bonchev–Trinajstić information content (AvgIpc) is 2.40. The largest absolute Gasteiger partial charge is 0.386 e. The predicted octanol–water partition coefficient (Wildman–Crippen LogP) is 3.18. The first kappa shape index (κ1) is 13.7. The van der Waals surface area contributed by atoms with Gasteiger partial charge < -0.3 is 5.11 Å². The van der Waals surface area contributed by atoms with Crippen LogP contribution in [-0.2, 0) is 6.42 Å². The molecule has 2 aromatic rings. The molecule has 1 heterocycles. The van der Waals surface area contributed by atoms with Gasteiger partial charge in [-0.25, -0.2) is 0 Å². The fourth-order valence-corrected chi connectivity index (χ4v) is 1.94. The van der Waals surface area contributed by atoms with Crippen molar-refractivity contribution in [2.24, 2.45) is 0 Å². The number of aliphatic hydroxyl groups is 1. The maximum Gasteiger partial charge on any atom is 0.102 e.